The van der Waals surface area contributed by atoms with Crippen LogP contribution in [-0.2, 0) is 11.8 Å². The molecule has 2 saturated carbocycles. The first-order valence-electron chi connectivity index (χ1n) is 13.9. The van der Waals surface area contributed by atoms with Crippen molar-refractivity contribution in [1.82, 2.24) is 24.8 Å². The van der Waals surface area contributed by atoms with Gasteiger partial charge in [0, 0.05) is 25.1 Å². The molecule has 2 aliphatic carbocycles. The molecule has 0 amide bonds. The molecule has 0 saturated heterocycles. The molecule has 2 aromatic carbocycles. The van der Waals surface area contributed by atoms with Crippen LogP contribution in [0.2, 0.25) is 0 Å². The molecular formula is C31H35N5O3. The highest BCUT2D eigenvalue weighted by atomic mass is 16.5. The summed E-state index contributed by atoms with van der Waals surface area (Å²) in [6.07, 6.45) is 11.1. The van der Waals surface area contributed by atoms with Gasteiger partial charge in [-0.15, -0.1) is 5.10 Å². The summed E-state index contributed by atoms with van der Waals surface area (Å²) in [5, 5.41) is 13.0. The number of hydrogen-bond donors (Lipinski definition) is 0. The first-order valence-corrected chi connectivity index (χ1v) is 13.9. The van der Waals surface area contributed by atoms with E-state index in [1.165, 1.54) is 39.2 Å². The molecule has 0 spiro atoms. The lowest BCUT2D eigenvalue weighted by molar-refractivity contribution is 0.0599. The minimum atomic E-state index is -0.380. The summed E-state index contributed by atoms with van der Waals surface area (Å²) in [7, 11) is 3.27. The Balaban J connectivity index is 1.29. The Hall–Kier alpha value is -3.94. The summed E-state index contributed by atoms with van der Waals surface area (Å²) in [5.74, 6) is 1.45. The highest BCUT2D eigenvalue weighted by Crippen LogP contribution is 2.55. The van der Waals surface area contributed by atoms with Crippen LogP contribution in [-0.4, -0.2) is 44.0 Å². The van der Waals surface area contributed by atoms with Gasteiger partial charge in [-0.2, -0.15) is 5.10 Å². The third-order valence-electron chi connectivity index (χ3n) is 8.25. The Morgan fingerprint density at radius 3 is 2.54 bits per heavy atom. The van der Waals surface area contributed by atoms with Crippen molar-refractivity contribution in [2.45, 2.75) is 63.4 Å². The largest absolute Gasteiger partial charge is 0.490 e. The first kappa shape index (κ1) is 25.3. The van der Waals surface area contributed by atoms with E-state index in [1.807, 2.05) is 36.1 Å². The van der Waals surface area contributed by atoms with Gasteiger partial charge in [0.1, 0.15) is 11.3 Å². The summed E-state index contributed by atoms with van der Waals surface area (Å²) in [6.45, 7) is 2.20. The highest BCUT2D eigenvalue weighted by molar-refractivity contribution is 5.91. The Morgan fingerprint density at radius 2 is 1.79 bits per heavy atom. The van der Waals surface area contributed by atoms with Gasteiger partial charge < -0.3 is 9.47 Å². The molecule has 8 nitrogen and oxygen atoms in total. The number of ether oxygens (including phenoxy) is 2. The molecule has 6 rings (SSSR count). The van der Waals surface area contributed by atoms with Gasteiger partial charge in [-0.05, 0) is 67.5 Å². The summed E-state index contributed by atoms with van der Waals surface area (Å²) in [4.78, 5) is 12.7. The Bertz CT molecular complexity index is 1470. The zero-order chi connectivity index (χ0) is 26.9. The molecule has 4 aromatic rings. The second-order valence-corrected chi connectivity index (χ2v) is 10.9. The number of esters is 1. The van der Waals surface area contributed by atoms with E-state index in [9.17, 15) is 4.79 Å². The molecule has 1 unspecified atom stereocenters. The molecule has 202 valence electrons. The predicted molar refractivity (Wildman–Crippen MR) is 148 cm³/mol. The summed E-state index contributed by atoms with van der Waals surface area (Å²) in [6, 6.07) is 16.6. The summed E-state index contributed by atoms with van der Waals surface area (Å²) >= 11 is 0. The Kier molecular flexibility index (Phi) is 6.94. The smallest absolute Gasteiger partial charge is 0.341 e. The third-order valence-corrected chi connectivity index (χ3v) is 8.25. The minimum absolute atomic E-state index is 0.111. The summed E-state index contributed by atoms with van der Waals surface area (Å²) in [5.41, 5.74) is 5.31. The van der Waals surface area contributed by atoms with E-state index in [0.29, 0.717) is 11.5 Å². The van der Waals surface area contributed by atoms with Crippen LogP contribution in [0, 0.1) is 5.92 Å². The van der Waals surface area contributed by atoms with Gasteiger partial charge in [0.2, 0.25) is 0 Å². The maximum absolute atomic E-state index is 12.7. The lowest BCUT2D eigenvalue weighted by atomic mass is 9.86. The fourth-order valence-electron chi connectivity index (χ4n) is 6.03. The van der Waals surface area contributed by atoms with E-state index in [2.05, 4.69) is 52.7 Å². The zero-order valence-electron chi connectivity index (χ0n) is 22.8. The number of nitrogens with zero attached hydrogens (tertiary/aromatic N) is 5. The summed E-state index contributed by atoms with van der Waals surface area (Å²) < 4.78 is 15.1. The van der Waals surface area contributed by atoms with E-state index < -0.39 is 0 Å². The molecule has 0 aliphatic heterocycles. The van der Waals surface area contributed by atoms with Gasteiger partial charge in [0.05, 0.1) is 36.5 Å². The van der Waals surface area contributed by atoms with Crippen LogP contribution in [0.4, 0.5) is 0 Å². The maximum atomic E-state index is 12.7. The molecule has 39 heavy (non-hydrogen) atoms. The molecule has 3 atom stereocenters. The van der Waals surface area contributed by atoms with Crippen LogP contribution in [0.1, 0.15) is 79.0 Å². The molecule has 8 heteroatoms. The minimum Gasteiger partial charge on any atom is -0.490 e. The van der Waals surface area contributed by atoms with E-state index in [-0.39, 0.29) is 23.9 Å². The second-order valence-electron chi connectivity index (χ2n) is 10.9. The SMILES string of the molecule is COC(=O)c1cnn(-c2cccc(-c3cccc(OC(C)C4CCCCC4)c3)c2)c1[C@@H]1C[C@@H]1c1cn(C)nn1. The number of aromatic nitrogens is 5. The van der Waals surface area contributed by atoms with Crippen LogP contribution in [0.25, 0.3) is 16.8 Å². The van der Waals surface area contributed by atoms with Gasteiger partial charge in [-0.3, -0.25) is 4.68 Å². The van der Waals surface area contributed by atoms with Crippen molar-refractivity contribution in [2.75, 3.05) is 7.11 Å². The molecule has 2 heterocycles. The fraction of sp³-hybridized carbons (Fsp3) is 0.419. The van der Waals surface area contributed by atoms with Gasteiger partial charge in [0.15, 0.2) is 0 Å². The van der Waals surface area contributed by atoms with Crippen LogP contribution < -0.4 is 4.74 Å². The van der Waals surface area contributed by atoms with Gasteiger partial charge in [-0.1, -0.05) is 48.7 Å². The standard InChI is InChI=1S/C31H35N5O3/c1-20(21-9-5-4-6-10-21)39-25-14-8-12-23(16-25)22-11-7-13-24(15-22)36-30(28(18-32-36)31(37)38-3)27-17-26(27)29-19-35(2)34-33-29/h7-8,11-16,18-21,26-27H,4-6,9-10,17H2,1-3H3/t20?,26-,27+/m0/s1. The van der Waals surface area contributed by atoms with Crippen molar-refractivity contribution < 1.29 is 14.3 Å². The molecule has 2 aliphatic rings. The van der Waals surface area contributed by atoms with Crippen LogP contribution >= 0.6 is 0 Å². The lowest BCUT2D eigenvalue weighted by Crippen LogP contribution is -2.25. The van der Waals surface area contributed by atoms with Crippen LogP contribution in [0.3, 0.4) is 0 Å². The number of benzene rings is 2. The van der Waals surface area contributed by atoms with Crippen LogP contribution in [0.5, 0.6) is 5.75 Å². The van der Waals surface area contributed by atoms with E-state index in [4.69, 9.17) is 9.47 Å². The highest BCUT2D eigenvalue weighted by Gasteiger charge is 2.46. The van der Waals surface area contributed by atoms with Gasteiger partial charge >= 0.3 is 5.97 Å². The molecule has 0 bridgehead atoms. The number of methoxy groups -OCH3 is 1. The lowest BCUT2D eigenvalue weighted by Gasteiger charge is -2.28. The maximum Gasteiger partial charge on any atom is 0.341 e. The molecule has 0 radical (unpaired) electrons. The monoisotopic (exact) mass is 525 g/mol. The second kappa shape index (κ2) is 10.7. The molecular weight excluding hydrogens is 490 g/mol. The van der Waals surface area contributed by atoms with Crippen molar-refractivity contribution in [3.05, 3.63) is 77.9 Å². The normalized spacial score (nSPS) is 20.0. The quantitative estimate of drug-likeness (QED) is 0.260. The number of hydrogen-bond acceptors (Lipinski definition) is 6. The third kappa shape index (κ3) is 5.20. The average Bonchev–Trinajstić information content (AvgIpc) is 3.42. The molecule has 2 aromatic heterocycles. The van der Waals surface area contributed by atoms with Gasteiger partial charge in [-0.25, -0.2) is 9.48 Å². The fourth-order valence-corrected chi connectivity index (χ4v) is 6.03. The van der Waals surface area contributed by atoms with E-state index in [1.54, 1.807) is 10.9 Å². The number of rotatable bonds is 8. The van der Waals surface area contributed by atoms with Crippen molar-refractivity contribution in [1.29, 1.82) is 0 Å². The van der Waals surface area contributed by atoms with Crippen molar-refractivity contribution in [2.24, 2.45) is 13.0 Å². The number of carbonyl (C=O) groups excluding carboxylic acids is 1. The van der Waals surface area contributed by atoms with Crippen molar-refractivity contribution in [3.8, 4) is 22.6 Å². The van der Waals surface area contributed by atoms with Crippen LogP contribution in [0.15, 0.2) is 60.9 Å². The van der Waals surface area contributed by atoms with Crippen molar-refractivity contribution >= 4 is 5.97 Å². The predicted octanol–water partition coefficient (Wildman–Crippen LogP) is 6.07. The Morgan fingerprint density at radius 1 is 1.03 bits per heavy atom. The number of aryl methyl sites for hydroxylation is 1. The van der Waals surface area contributed by atoms with E-state index in [0.717, 1.165) is 40.4 Å². The number of carbonyl (C=O) groups is 1. The average molecular weight is 526 g/mol. The van der Waals surface area contributed by atoms with E-state index >= 15 is 0 Å². The molecule has 2 fully saturated rings. The van der Waals surface area contributed by atoms with Gasteiger partial charge in [0.25, 0.3) is 0 Å². The Labute approximate surface area is 228 Å². The zero-order valence-corrected chi connectivity index (χ0v) is 22.8. The van der Waals surface area contributed by atoms with Crippen molar-refractivity contribution in [3.63, 3.8) is 0 Å². The molecule has 0 N–H and O–H groups in total. The first-order chi connectivity index (χ1) is 19.0. The topological polar surface area (TPSA) is 84.1 Å².